The van der Waals surface area contributed by atoms with Crippen LogP contribution in [-0.4, -0.2) is 48.2 Å². The summed E-state index contributed by atoms with van der Waals surface area (Å²) in [6.07, 6.45) is 3.26. The van der Waals surface area contributed by atoms with Gasteiger partial charge in [0, 0.05) is 19.9 Å². The summed E-state index contributed by atoms with van der Waals surface area (Å²) in [6, 6.07) is 11.3. The van der Waals surface area contributed by atoms with Crippen LogP contribution in [0.2, 0.25) is 0 Å². The molecule has 0 bridgehead atoms. The minimum Gasteiger partial charge on any atom is -0.491 e. The van der Waals surface area contributed by atoms with Gasteiger partial charge < -0.3 is 20.1 Å². The SMILES string of the molecule is CO[C@]1(COc2cccc(C)c2)CCCN(C(=O)c2cccnc2N)C1. The van der Waals surface area contributed by atoms with E-state index in [4.69, 9.17) is 15.2 Å². The summed E-state index contributed by atoms with van der Waals surface area (Å²) in [5, 5.41) is 0. The van der Waals surface area contributed by atoms with Crippen LogP contribution in [0, 0.1) is 6.92 Å². The van der Waals surface area contributed by atoms with E-state index in [1.54, 1.807) is 30.3 Å². The van der Waals surface area contributed by atoms with Crippen molar-refractivity contribution < 1.29 is 14.3 Å². The Kier molecular flexibility index (Phi) is 5.42. The predicted molar refractivity (Wildman–Crippen MR) is 100 cm³/mol. The summed E-state index contributed by atoms with van der Waals surface area (Å²) in [6.45, 7) is 3.54. The highest BCUT2D eigenvalue weighted by Crippen LogP contribution is 2.28. The number of amides is 1. The lowest BCUT2D eigenvalue weighted by atomic mass is 9.92. The largest absolute Gasteiger partial charge is 0.491 e. The number of carbonyl (C=O) groups excluding carboxylic acids is 1. The van der Waals surface area contributed by atoms with E-state index < -0.39 is 5.60 Å². The van der Waals surface area contributed by atoms with E-state index >= 15 is 0 Å². The van der Waals surface area contributed by atoms with Crippen molar-refractivity contribution in [3.63, 3.8) is 0 Å². The van der Waals surface area contributed by atoms with Gasteiger partial charge in [-0.3, -0.25) is 4.79 Å². The van der Waals surface area contributed by atoms with E-state index in [9.17, 15) is 4.79 Å². The number of pyridine rings is 1. The van der Waals surface area contributed by atoms with Crippen molar-refractivity contribution in [2.24, 2.45) is 0 Å². The molecule has 0 saturated carbocycles. The van der Waals surface area contributed by atoms with Gasteiger partial charge in [0.25, 0.3) is 5.91 Å². The van der Waals surface area contributed by atoms with E-state index in [0.29, 0.717) is 25.3 Å². The highest BCUT2D eigenvalue weighted by Gasteiger charge is 2.38. The van der Waals surface area contributed by atoms with E-state index in [-0.39, 0.29) is 11.7 Å². The van der Waals surface area contributed by atoms with Gasteiger partial charge in [0.05, 0.1) is 12.1 Å². The number of nitrogens with zero attached hydrogens (tertiary/aromatic N) is 2. The number of likely N-dealkylation sites (tertiary alicyclic amines) is 1. The Hall–Kier alpha value is -2.60. The first-order chi connectivity index (χ1) is 12.5. The molecule has 1 atom stereocenters. The van der Waals surface area contributed by atoms with Gasteiger partial charge in [-0.1, -0.05) is 12.1 Å². The topological polar surface area (TPSA) is 77.7 Å². The number of anilines is 1. The maximum atomic E-state index is 12.9. The molecule has 2 aromatic rings. The fraction of sp³-hybridized carbons (Fsp3) is 0.400. The molecule has 3 rings (SSSR count). The molecule has 6 nitrogen and oxygen atoms in total. The summed E-state index contributed by atoms with van der Waals surface area (Å²) in [5.41, 5.74) is 6.90. The van der Waals surface area contributed by atoms with Crippen LogP contribution in [0.4, 0.5) is 5.82 Å². The second kappa shape index (κ2) is 7.74. The lowest BCUT2D eigenvalue weighted by molar-refractivity contribution is -0.0824. The monoisotopic (exact) mass is 355 g/mol. The molecular weight excluding hydrogens is 330 g/mol. The Balaban J connectivity index is 1.72. The van der Waals surface area contributed by atoms with E-state index in [1.807, 2.05) is 31.2 Å². The molecule has 1 aromatic carbocycles. The number of carbonyl (C=O) groups is 1. The number of benzene rings is 1. The minimum absolute atomic E-state index is 0.118. The van der Waals surface area contributed by atoms with Crippen LogP contribution in [0.1, 0.15) is 28.8 Å². The number of nitrogen functional groups attached to an aromatic ring is 1. The van der Waals surface area contributed by atoms with Crippen LogP contribution in [0.25, 0.3) is 0 Å². The zero-order chi connectivity index (χ0) is 18.6. The third kappa shape index (κ3) is 3.96. The maximum absolute atomic E-state index is 12.9. The standard InChI is InChI=1S/C20H25N3O3/c1-15-6-3-7-16(12-15)26-14-20(25-2)9-5-11-23(13-20)19(24)17-8-4-10-22-18(17)21/h3-4,6-8,10,12H,5,9,11,13-14H2,1-2H3,(H2,21,22)/t20-/m1/s1. The Labute approximate surface area is 153 Å². The number of ether oxygens (including phenoxy) is 2. The number of rotatable bonds is 5. The first-order valence-corrected chi connectivity index (χ1v) is 8.77. The zero-order valence-corrected chi connectivity index (χ0v) is 15.3. The smallest absolute Gasteiger partial charge is 0.257 e. The summed E-state index contributed by atoms with van der Waals surface area (Å²) >= 11 is 0. The van der Waals surface area contributed by atoms with Gasteiger partial charge in [-0.2, -0.15) is 0 Å². The molecule has 1 amide bonds. The first kappa shape index (κ1) is 18.2. The van der Waals surface area contributed by atoms with Crippen LogP contribution in [0.3, 0.4) is 0 Å². The number of hydrogen-bond donors (Lipinski definition) is 1. The highest BCUT2D eigenvalue weighted by molar-refractivity contribution is 5.98. The number of hydrogen-bond acceptors (Lipinski definition) is 5. The third-order valence-corrected chi connectivity index (χ3v) is 4.82. The minimum atomic E-state index is -0.533. The molecule has 0 unspecified atom stereocenters. The van der Waals surface area contributed by atoms with Gasteiger partial charge in [0.1, 0.15) is 23.8 Å². The zero-order valence-electron chi connectivity index (χ0n) is 15.3. The van der Waals surface area contributed by atoms with Gasteiger partial charge in [-0.15, -0.1) is 0 Å². The second-order valence-electron chi connectivity index (χ2n) is 6.76. The Morgan fingerprint density at radius 3 is 2.92 bits per heavy atom. The average Bonchev–Trinajstić information content (AvgIpc) is 2.66. The molecule has 1 saturated heterocycles. The average molecular weight is 355 g/mol. The number of aromatic nitrogens is 1. The van der Waals surface area contributed by atoms with Crippen LogP contribution < -0.4 is 10.5 Å². The van der Waals surface area contributed by atoms with Crippen molar-refractivity contribution in [2.45, 2.75) is 25.4 Å². The molecule has 6 heteroatoms. The van der Waals surface area contributed by atoms with Crippen molar-refractivity contribution in [1.29, 1.82) is 0 Å². The van der Waals surface area contributed by atoms with Gasteiger partial charge in [0.2, 0.25) is 0 Å². The molecule has 1 aliphatic heterocycles. The fourth-order valence-corrected chi connectivity index (χ4v) is 3.30. The quantitative estimate of drug-likeness (QED) is 0.892. The van der Waals surface area contributed by atoms with Crippen LogP contribution in [-0.2, 0) is 4.74 Å². The van der Waals surface area contributed by atoms with Gasteiger partial charge in [-0.25, -0.2) is 4.98 Å². The van der Waals surface area contributed by atoms with Crippen molar-refractivity contribution in [3.05, 3.63) is 53.7 Å². The molecule has 1 fully saturated rings. The molecule has 1 aliphatic rings. The fourth-order valence-electron chi connectivity index (χ4n) is 3.30. The van der Waals surface area contributed by atoms with E-state index in [2.05, 4.69) is 4.98 Å². The number of aryl methyl sites for hydroxylation is 1. The van der Waals surface area contributed by atoms with Crippen molar-refractivity contribution in [2.75, 3.05) is 32.5 Å². The van der Waals surface area contributed by atoms with Crippen molar-refractivity contribution in [1.82, 2.24) is 9.88 Å². The molecule has 2 heterocycles. The first-order valence-electron chi connectivity index (χ1n) is 8.77. The molecule has 2 N–H and O–H groups in total. The van der Waals surface area contributed by atoms with Crippen LogP contribution in [0.15, 0.2) is 42.6 Å². The van der Waals surface area contributed by atoms with Gasteiger partial charge in [0.15, 0.2) is 0 Å². The van der Waals surface area contributed by atoms with E-state index in [1.165, 1.54) is 0 Å². The second-order valence-corrected chi connectivity index (χ2v) is 6.76. The summed E-state index contributed by atoms with van der Waals surface area (Å²) in [5.74, 6) is 0.941. The third-order valence-electron chi connectivity index (χ3n) is 4.82. The maximum Gasteiger partial charge on any atom is 0.257 e. The van der Waals surface area contributed by atoms with E-state index in [0.717, 1.165) is 24.2 Å². The lowest BCUT2D eigenvalue weighted by Gasteiger charge is -2.41. The molecule has 0 spiro atoms. The van der Waals surface area contributed by atoms with Gasteiger partial charge in [-0.05, 0) is 49.6 Å². The Bertz CT molecular complexity index is 780. The normalized spacial score (nSPS) is 20.0. The van der Waals surface area contributed by atoms with Crippen molar-refractivity contribution >= 4 is 11.7 Å². The summed E-state index contributed by atoms with van der Waals surface area (Å²) < 4.78 is 11.8. The summed E-state index contributed by atoms with van der Waals surface area (Å²) in [7, 11) is 1.67. The molecule has 0 aliphatic carbocycles. The van der Waals surface area contributed by atoms with Crippen LogP contribution in [0.5, 0.6) is 5.75 Å². The number of piperidine rings is 1. The summed E-state index contributed by atoms with van der Waals surface area (Å²) in [4.78, 5) is 18.6. The lowest BCUT2D eigenvalue weighted by Crippen LogP contribution is -2.54. The van der Waals surface area contributed by atoms with Crippen molar-refractivity contribution in [3.8, 4) is 5.75 Å². The molecule has 0 radical (unpaired) electrons. The molecule has 1 aromatic heterocycles. The Morgan fingerprint density at radius 2 is 2.19 bits per heavy atom. The van der Waals surface area contributed by atoms with Crippen LogP contribution >= 0.6 is 0 Å². The molecular formula is C20H25N3O3. The number of nitrogens with two attached hydrogens (primary N) is 1. The number of methoxy groups -OCH3 is 1. The Morgan fingerprint density at radius 1 is 1.35 bits per heavy atom. The van der Waals surface area contributed by atoms with Gasteiger partial charge >= 0.3 is 0 Å². The highest BCUT2D eigenvalue weighted by atomic mass is 16.5. The predicted octanol–water partition coefficient (Wildman–Crippen LogP) is 2.67. The molecule has 138 valence electrons. The molecule has 26 heavy (non-hydrogen) atoms.